The molecule has 0 saturated carbocycles. The van der Waals surface area contributed by atoms with E-state index in [0.29, 0.717) is 5.82 Å². The Morgan fingerprint density at radius 1 is 1.40 bits per heavy atom. The number of carbonyl (C=O) groups excluding carboxylic acids is 1. The zero-order valence-corrected chi connectivity index (χ0v) is 10.3. The van der Waals surface area contributed by atoms with Crippen molar-refractivity contribution in [3.05, 3.63) is 24.4 Å². The molecule has 0 bridgehead atoms. The summed E-state index contributed by atoms with van der Waals surface area (Å²) in [6, 6.07) is 0. The summed E-state index contributed by atoms with van der Waals surface area (Å²) in [6.07, 6.45) is 4.01. The SMILES string of the molecule is Cn1ncc(C(=O)[O-])c1-n1cnnc1.[Na+]. The summed E-state index contributed by atoms with van der Waals surface area (Å²) in [7, 11) is 1.63. The fourth-order valence-electron chi connectivity index (χ4n) is 1.19. The van der Waals surface area contributed by atoms with Crippen LogP contribution in [-0.4, -0.2) is 30.5 Å². The Morgan fingerprint density at radius 2 is 2.00 bits per heavy atom. The Bertz CT molecular complexity index is 464. The van der Waals surface area contributed by atoms with Crippen molar-refractivity contribution in [2.45, 2.75) is 0 Å². The third kappa shape index (κ3) is 2.09. The molecule has 2 aromatic heterocycles. The van der Waals surface area contributed by atoms with Crippen molar-refractivity contribution in [1.29, 1.82) is 0 Å². The van der Waals surface area contributed by atoms with Gasteiger partial charge in [0.2, 0.25) is 0 Å². The second-order valence-corrected chi connectivity index (χ2v) is 2.66. The van der Waals surface area contributed by atoms with E-state index < -0.39 is 5.97 Å². The fourth-order valence-corrected chi connectivity index (χ4v) is 1.19. The van der Waals surface area contributed by atoms with Crippen molar-refractivity contribution in [3.63, 3.8) is 0 Å². The van der Waals surface area contributed by atoms with Gasteiger partial charge < -0.3 is 9.90 Å². The minimum absolute atomic E-state index is 0. The van der Waals surface area contributed by atoms with E-state index in [2.05, 4.69) is 15.3 Å². The van der Waals surface area contributed by atoms with Crippen LogP contribution in [0.1, 0.15) is 10.4 Å². The minimum Gasteiger partial charge on any atom is -0.545 e. The van der Waals surface area contributed by atoms with E-state index in [1.807, 2.05) is 0 Å². The molecule has 0 aliphatic carbocycles. The number of carboxylic acid groups (broad SMARTS) is 1. The van der Waals surface area contributed by atoms with Gasteiger partial charge in [0, 0.05) is 7.05 Å². The second kappa shape index (κ2) is 4.56. The van der Waals surface area contributed by atoms with Crippen LogP contribution in [0.25, 0.3) is 5.82 Å². The van der Waals surface area contributed by atoms with Crippen LogP contribution in [0.2, 0.25) is 0 Å². The first-order valence-corrected chi connectivity index (χ1v) is 3.78. The van der Waals surface area contributed by atoms with Crippen LogP contribution in [0.3, 0.4) is 0 Å². The summed E-state index contributed by atoms with van der Waals surface area (Å²) in [5, 5.41) is 21.7. The zero-order valence-electron chi connectivity index (χ0n) is 8.28. The monoisotopic (exact) mass is 215 g/mol. The molecule has 2 aromatic rings. The maximum atomic E-state index is 10.7. The van der Waals surface area contributed by atoms with Crippen LogP contribution >= 0.6 is 0 Å². The maximum absolute atomic E-state index is 10.7. The minimum atomic E-state index is -1.28. The van der Waals surface area contributed by atoms with E-state index in [1.165, 1.54) is 28.1 Å². The zero-order chi connectivity index (χ0) is 10.1. The van der Waals surface area contributed by atoms with Crippen molar-refractivity contribution in [2.75, 3.05) is 0 Å². The molecule has 0 spiro atoms. The first-order valence-electron chi connectivity index (χ1n) is 3.78. The molecule has 0 N–H and O–H groups in total. The Labute approximate surface area is 107 Å². The molecule has 2 rings (SSSR count). The number of hydrogen-bond acceptors (Lipinski definition) is 5. The van der Waals surface area contributed by atoms with Gasteiger partial charge in [-0.1, -0.05) is 0 Å². The third-order valence-corrected chi connectivity index (χ3v) is 1.79. The Kier molecular flexibility index (Phi) is 3.61. The summed E-state index contributed by atoms with van der Waals surface area (Å²) >= 11 is 0. The molecule has 0 unspecified atom stereocenters. The van der Waals surface area contributed by atoms with Gasteiger partial charge in [-0.25, -0.2) is 0 Å². The van der Waals surface area contributed by atoms with E-state index >= 15 is 0 Å². The molecule has 0 atom stereocenters. The summed E-state index contributed by atoms with van der Waals surface area (Å²) in [4.78, 5) is 10.7. The van der Waals surface area contributed by atoms with Crippen LogP contribution in [-0.2, 0) is 7.05 Å². The van der Waals surface area contributed by atoms with E-state index in [1.54, 1.807) is 7.05 Å². The molecule has 8 heteroatoms. The van der Waals surface area contributed by atoms with Gasteiger partial charge in [0.25, 0.3) is 0 Å². The number of nitrogens with zero attached hydrogens (tertiary/aromatic N) is 5. The molecule has 0 saturated heterocycles. The van der Waals surface area contributed by atoms with Gasteiger partial charge in [0.05, 0.1) is 17.7 Å². The number of carboxylic acids is 1. The van der Waals surface area contributed by atoms with Crippen LogP contribution in [0, 0.1) is 0 Å². The van der Waals surface area contributed by atoms with E-state index in [-0.39, 0.29) is 35.1 Å². The first kappa shape index (κ1) is 11.9. The molecule has 72 valence electrons. The number of aryl methyl sites for hydroxylation is 1. The van der Waals surface area contributed by atoms with Crippen LogP contribution in [0.4, 0.5) is 0 Å². The summed E-state index contributed by atoms with van der Waals surface area (Å²) in [5.41, 5.74) is 0.00676. The van der Waals surface area contributed by atoms with Gasteiger partial charge in [0.1, 0.15) is 18.5 Å². The second-order valence-electron chi connectivity index (χ2n) is 2.66. The van der Waals surface area contributed by atoms with Crippen LogP contribution in [0.5, 0.6) is 0 Å². The van der Waals surface area contributed by atoms with E-state index in [9.17, 15) is 9.90 Å². The van der Waals surface area contributed by atoms with Gasteiger partial charge in [-0.05, 0) is 0 Å². The van der Waals surface area contributed by atoms with Crippen LogP contribution in [0.15, 0.2) is 18.9 Å². The molecule has 2 heterocycles. The molecule has 0 amide bonds. The number of hydrogen-bond donors (Lipinski definition) is 0. The first-order chi connectivity index (χ1) is 6.70. The average molecular weight is 215 g/mol. The third-order valence-electron chi connectivity index (χ3n) is 1.79. The topological polar surface area (TPSA) is 88.7 Å². The van der Waals surface area contributed by atoms with Crippen molar-refractivity contribution in [2.24, 2.45) is 7.05 Å². The van der Waals surface area contributed by atoms with Crippen molar-refractivity contribution >= 4 is 5.97 Å². The molecule has 0 fully saturated rings. The standard InChI is InChI=1S/C7H7N5O2.Na/c1-11-6(12-3-8-9-4-12)5(2-10-11)7(13)14;/h2-4H,1H3,(H,13,14);/q;+1/p-1. The van der Waals surface area contributed by atoms with E-state index in [4.69, 9.17) is 0 Å². The molecule has 0 aliphatic rings. The van der Waals surface area contributed by atoms with Gasteiger partial charge >= 0.3 is 29.6 Å². The maximum Gasteiger partial charge on any atom is 1.00 e. The predicted octanol–water partition coefficient (Wildman–Crippen LogP) is -4.63. The number of carbonyl (C=O) groups is 1. The Morgan fingerprint density at radius 3 is 2.53 bits per heavy atom. The number of aromatic nitrogens is 5. The van der Waals surface area contributed by atoms with Crippen LogP contribution < -0.4 is 34.7 Å². The summed E-state index contributed by atoms with van der Waals surface area (Å²) < 4.78 is 2.87. The predicted molar refractivity (Wildman–Crippen MR) is 42.5 cm³/mol. The van der Waals surface area contributed by atoms with Gasteiger partial charge in [-0.2, -0.15) is 5.10 Å². The van der Waals surface area contributed by atoms with E-state index in [0.717, 1.165) is 0 Å². The summed E-state index contributed by atoms with van der Waals surface area (Å²) in [5.74, 6) is -0.906. The van der Waals surface area contributed by atoms with Crippen molar-refractivity contribution in [3.8, 4) is 5.82 Å². The normalized spacial score (nSPS) is 9.67. The molecular weight excluding hydrogens is 209 g/mol. The molecule has 15 heavy (non-hydrogen) atoms. The largest absolute Gasteiger partial charge is 1.00 e. The van der Waals surface area contributed by atoms with Gasteiger partial charge in [0.15, 0.2) is 0 Å². The van der Waals surface area contributed by atoms with Crippen molar-refractivity contribution in [1.82, 2.24) is 24.5 Å². The van der Waals surface area contributed by atoms with Gasteiger partial charge in [-0.3, -0.25) is 9.25 Å². The number of rotatable bonds is 2. The smallest absolute Gasteiger partial charge is 0.545 e. The molecule has 7 nitrogen and oxygen atoms in total. The number of aromatic carboxylic acids is 1. The average Bonchev–Trinajstić information content (AvgIpc) is 2.71. The summed E-state index contributed by atoms with van der Waals surface area (Å²) in [6.45, 7) is 0. The molecule has 0 aromatic carbocycles. The molecule has 0 radical (unpaired) electrons. The quantitative estimate of drug-likeness (QED) is 0.470. The molecular formula is C7H6N5NaO2. The molecule has 0 aliphatic heterocycles. The van der Waals surface area contributed by atoms with Crippen molar-refractivity contribution < 1.29 is 39.5 Å². The Balaban J connectivity index is 0.00000112. The fraction of sp³-hybridized carbons (Fsp3) is 0.143. The van der Waals surface area contributed by atoms with Gasteiger partial charge in [-0.15, -0.1) is 10.2 Å². The Hall–Kier alpha value is -1.18.